The summed E-state index contributed by atoms with van der Waals surface area (Å²) in [4.78, 5) is 0. The molecule has 0 saturated heterocycles. The highest BCUT2D eigenvalue weighted by Crippen LogP contribution is 2.27. The summed E-state index contributed by atoms with van der Waals surface area (Å²) in [6.45, 7) is 8.34. The van der Waals surface area contributed by atoms with Crippen molar-refractivity contribution in [2.75, 3.05) is 0 Å². The van der Waals surface area contributed by atoms with E-state index in [1.54, 1.807) is 0 Å². The summed E-state index contributed by atoms with van der Waals surface area (Å²) in [5, 5.41) is 9.91. The predicted octanol–water partition coefficient (Wildman–Crippen LogP) is 2.97. The first kappa shape index (κ1) is 11.0. The normalized spacial score (nSPS) is 19.4. The number of aliphatic hydroxyl groups is 1. The Hall–Kier alpha value is -0.0400. The van der Waals surface area contributed by atoms with Crippen LogP contribution in [-0.4, -0.2) is 10.7 Å². The van der Waals surface area contributed by atoms with Gasteiger partial charge in [-0.1, -0.05) is 33.6 Å². The Balaban J connectivity index is 3.99. The highest BCUT2D eigenvalue weighted by molar-refractivity contribution is 4.79. The Bertz CT molecular complexity index is 97.0. The van der Waals surface area contributed by atoms with Crippen LogP contribution < -0.4 is 0 Å². The van der Waals surface area contributed by atoms with Gasteiger partial charge in [-0.3, -0.25) is 0 Å². The van der Waals surface area contributed by atoms with Gasteiger partial charge >= 0.3 is 0 Å². The summed E-state index contributed by atoms with van der Waals surface area (Å²) < 4.78 is 0. The van der Waals surface area contributed by atoms with Crippen molar-refractivity contribution in [3.63, 3.8) is 0 Å². The molecule has 0 rings (SSSR count). The Morgan fingerprint density at radius 2 is 1.82 bits per heavy atom. The van der Waals surface area contributed by atoms with Crippen molar-refractivity contribution in [1.82, 2.24) is 0 Å². The summed E-state index contributed by atoms with van der Waals surface area (Å²) in [7, 11) is 0. The van der Waals surface area contributed by atoms with Crippen LogP contribution in [0, 0.1) is 5.92 Å². The van der Waals surface area contributed by atoms with Crippen molar-refractivity contribution in [3.05, 3.63) is 0 Å². The maximum Gasteiger partial charge on any atom is 0.0645 e. The molecular weight excluding hydrogens is 136 g/mol. The van der Waals surface area contributed by atoms with Crippen molar-refractivity contribution in [3.8, 4) is 0 Å². The molecular formula is C10H22O. The lowest BCUT2D eigenvalue weighted by molar-refractivity contribution is -0.0101. The van der Waals surface area contributed by atoms with Crippen molar-refractivity contribution in [2.45, 2.75) is 59.0 Å². The molecule has 0 amide bonds. The van der Waals surface area contributed by atoms with Crippen LogP contribution in [0.1, 0.15) is 53.4 Å². The number of hydrogen-bond acceptors (Lipinski definition) is 1. The van der Waals surface area contributed by atoms with Crippen LogP contribution in [0.5, 0.6) is 0 Å². The van der Waals surface area contributed by atoms with Gasteiger partial charge in [0.2, 0.25) is 0 Å². The second kappa shape index (κ2) is 4.76. The number of hydrogen-bond donors (Lipinski definition) is 1. The molecule has 1 nitrogen and oxygen atoms in total. The average Bonchev–Trinajstić information content (AvgIpc) is 2.00. The standard InChI is InChI=1S/C10H22O/c1-5-8-9(6-2)10(4,11)7-3/h9,11H,5-8H2,1-4H3. The van der Waals surface area contributed by atoms with Crippen LogP contribution in [0.25, 0.3) is 0 Å². The highest BCUT2D eigenvalue weighted by Gasteiger charge is 2.27. The zero-order valence-electron chi connectivity index (χ0n) is 8.35. The molecule has 0 spiro atoms. The van der Waals surface area contributed by atoms with E-state index in [1.807, 2.05) is 6.92 Å². The minimum atomic E-state index is -0.440. The molecule has 0 aromatic rings. The van der Waals surface area contributed by atoms with Crippen molar-refractivity contribution >= 4 is 0 Å². The first-order chi connectivity index (χ1) is 5.08. The minimum Gasteiger partial charge on any atom is -0.390 e. The summed E-state index contributed by atoms with van der Waals surface area (Å²) in [6, 6.07) is 0. The van der Waals surface area contributed by atoms with E-state index in [0.29, 0.717) is 5.92 Å². The molecule has 1 heteroatoms. The summed E-state index contributed by atoms with van der Waals surface area (Å²) in [5.74, 6) is 0.484. The van der Waals surface area contributed by atoms with Crippen molar-refractivity contribution in [1.29, 1.82) is 0 Å². The van der Waals surface area contributed by atoms with Crippen LogP contribution in [0.4, 0.5) is 0 Å². The van der Waals surface area contributed by atoms with E-state index in [1.165, 1.54) is 6.42 Å². The first-order valence-corrected chi connectivity index (χ1v) is 4.80. The van der Waals surface area contributed by atoms with Gasteiger partial charge in [-0.15, -0.1) is 0 Å². The van der Waals surface area contributed by atoms with Gasteiger partial charge in [0.25, 0.3) is 0 Å². The highest BCUT2D eigenvalue weighted by atomic mass is 16.3. The van der Waals surface area contributed by atoms with Crippen molar-refractivity contribution in [2.24, 2.45) is 5.92 Å². The van der Waals surface area contributed by atoms with Gasteiger partial charge in [0.1, 0.15) is 0 Å². The lowest BCUT2D eigenvalue weighted by Gasteiger charge is -2.31. The van der Waals surface area contributed by atoms with E-state index in [9.17, 15) is 5.11 Å². The molecule has 68 valence electrons. The summed E-state index contributed by atoms with van der Waals surface area (Å²) in [6.07, 6.45) is 4.28. The molecule has 0 saturated carbocycles. The van der Waals surface area contributed by atoms with E-state index in [4.69, 9.17) is 0 Å². The zero-order valence-corrected chi connectivity index (χ0v) is 8.35. The first-order valence-electron chi connectivity index (χ1n) is 4.80. The third-order valence-corrected chi connectivity index (χ3v) is 2.73. The molecule has 0 bridgehead atoms. The van der Waals surface area contributed by atoms with Crippen LogP contribution in [0.15, 0.2) is 0 Å². The lowest BCUT2D eigenvalue weighted by atomic mass is 9.82. The summed E-state index contributed by atoms with van der Waals surface area (Å²) >= 11 is 0. The zero-order chi connectivity index (χ0) is 8.91. The van der Waals surface area contributed by atoms with Crippen LogP contribution in [0.3, 0.4) is 0 Å². The fourth-order valence-electron chi connectivity index (χ4n) is 1.59. The molecule has 0 aromatic carbocycles. The fraction of sp³-hybridized carbons (Fsp3) is 1.00. The second-order valence-electron chi connectivity index (χ2n) is 3.60. The predicted molar refractivity (Wildman–Crippen MR) is 49.6 cm³/mol. The van der Waals surface area contributed by atoms with Crippen LogP contribution in [0.2, 0.25) is 0 Å². The molecule has 0 aliphatic rings. The molecule has 2 atom stereocenters. The molecule has 0 heterocycles. The second-order valence-corrected chi connectivity index (χ2v) is 3.60. The van der Waals surface area contributed by atoms with Crippen LogP contribution in [-0.2, 0) is 0 Å². The topological polar surface area (TPSA) is 20.2 Å². The van der Waals surface area contributed by atoms with Gasteiger partial charge in [-0.05, 0) is 25.7 Å². The van der Waals surface area contributed by atoms with Gasteiger partial charge < -0.3 is 5.11 Å². The molecule has 1 N–H and O–H groups in total. The molecule has 0 radical (unpaired) electrons. The lowest BCUT2D eigenvalue weighted by Crippen LogP contribution is -2.33. The monoisotopic (exact) mass is 158 g/mol. The molecule has 0 aliphatic heterocycles. The van der Waals surface area contributed by atoms with E-state index < -0.39 is 5.60 Å². The molecule has 11 heavy (non-hydrogen) atoms. The van der Waals surface area contributed by atoms with E-state index in [0.717, 1.165) is 19.3 Å². The smallest absolute Gasteiger partial charge is 0.0645 e. The Labute approximate surface area is 70.8 Å². The fourth-order valence-corrected chi connectivity index (χ4v) is 1.59. The quantitative estimate of drug-likeness (QED) is 0.652. The van der Waals surface area contributed by atoms with Gasteiger partial charge in [0.05, 0.1) is 5.60 Å². The number of rotatable bonds is 5. The van der Waals surface area contributed by atoms with Crippen LogP contribution >= 0.6 is 0 Å². The third-order valence-electron chi connectivity index (χ3n) is 2.73. The van der Waals surface area contributed by atoms with E-state index >= 15 is 0 Å². The Morgan fingerprint density at radius 1 is 1.27 bits per heavy atom. The van der Waals surface area contributed by atoms with Gasteiger partial charge in [-0.2, -0.15) is 0 Å². The Kier molecular flexibility index (Phi) is 4.74. The maximum atomic E-state index is 9.91. The van der Waals surface area contributed by atoms with Gasteiger partial charge in [0.15, 0.2) is 0 Å². The third kappa shape index (κ3) is 3.24. The van der Waals surface area contributed by atoms with E-state index in [2.05, 4.69) is 20.8 Å². The molecule has 2 unspecified atom stereocenters. The van der Waals surface area contributed by atoms with Crippen molar-refractivity contribution < 1.29 is 5.11 Å². The molecule has 0 fully saturated rings. The largest absolute Gasteiger partial charge is 0.390 e. The Morgan fingerprint density at radius 3 is 2.09 bits per heavy atom. The molecule has 0 aromatic heterocycles. The average molecular weight is 158 g/mol. The van der Waals surface area contributed by atoms with Gasteiger partial charge in [0, 0.05) is 0 Å². The summed E-state index contributed by atoms with van der Waals surface area (Å²) in [5.41, 5.74) is -0.440. The maximum absolute atomic E-state index is 9.91. The van der Waals surface area contributed by atoms with Gasteiger partial charge in [-0.25, -0.2) is 0 Å². The minimum absolute atomic E-state index is 0.440. The SMILES string of the molecule is CCCC(CC)C(C)(O)CC. The van der Waals surface area contributed by atoms with E-state index in [-0.39, 0.29) is 0 Å². The molecule has 0 aliphatic carbocycles.